The summed E-state index contributed by atoms with van der Waals surface area (Å²) in [6, 6.07) is 13.2. The molecule has 0 fully saturated rings. The predicted octanol–water partition coefficient (Wildman–Crippen LogP) is 4.50. The zero-order valence-electron chi connectivity index (χ0n) is 20.6. The number of alkyl halides is 3. The summed E-state index contributed by atoms with van der Waals surface area (Å²) in [6.45, 7) is 1.44. The van der Waals surface area contributed by atoms with Gasteiger partial charge in [-0.15, -0.1) is 0 Å². The molecule has 0 atom stereocenters. The first-order chi connectivity index (χ1) is 18.2. The smallest absolute Gasteiger partial charge is 0.394 e. The van der Waals surface area contributed by atoms with Crippen molar-refractivity contribution in [2.75, 3.05) is 42.5 Å². The van der Waals surface area contributed by atoms with Crippen molar-refractivity contribution in [2.45, 2.75) is 36.9 Å². The number of nitrogens with zero attached hydrogens (tertiary/aromatic N) is 3. The number of nitrogens with one attached hydrogen (secondary N) is 1. The number of aryl methyl sites for hydroxylation is 1. The van der Waals surface area contributed by atoms with Crippen molar-refractivity contribution in [3.63, 3.8) is 0 Å². The Morgan fingerprint density at radius 3 is 2.58 bits per heavy atom. The molecular weight excluding hydrogens is 521 g/mol. The molecule has 8 nitrogen and oxygen atoms in total. The van der Waals surface area contributed by atoms with Crippen LogP contribution in [0.5, 0.6) is 0 Å². The van der Waals surface area contributed by atoms with Gasteiger partial charge in [-0.2, -0.15) is 21.6 Å². The number of hydrogen-bond donors (Lipinski definition) is 2. The van der Waals surface area contributed by atoms with Crippen molar-refractivity contribution in [3.8, 4) is 11.3 Å². The van der Waals surface area contributed by atoms with Gasteiger partial charge in [0.05, 0.1) is 31.1 Å². The third kappa shape index (κ3) is 6.80. The van der Waals surface area contributed by atoms with E-state index in [0.29, 0.717) is 43.1 Å². The van der Waals surface area contributed by atoms with Crippen LogP contribution < -0.4 is 9.62 Å². The van der Waals surface area contributed by atoms with Crippen molar-refractivity contribution >= 4 is 21.7 Å². The lowest BCUT2D eigenvalue weighted by Gasteiger charge is -2.24. The summed E-state index contributed by atoms with van der Waals surface area (Å²) in [5.74, 6) is 0.190. The minimum absolute atomic E-state index is 0.0984. The fourth-order valence-electron chi connectivity index (χ4n) is 4.32. The second kappa shape index (κ2) is 12.1. The van der Waals surface area contributed by atoms with Gasteiger partial charge in [0.15, 0.2) is 5.03 Å². The summed E-state index contributed by atoms with van der Waals surface area (Å²) < 4.78 is 75.8. The molecule has 1 aliphatic heterocycles. The summed E-state index contributed by atoms with van der Waals surface area (Å²) in [6.07, 6.45) is -1.85. The highest BCUT2D eigenvalue weighted by molar-refractivity contribution is 7.92. The molecule has 0 saturated carbocycles. The van der Waals surface area contributed by atoms with Crippen LogP contribution in [0.15, 0.2) is 59.6 Å². The van der Waals surface area contributed by atoms with E-state index in [4.69, 9.17) is 9.84 Å². The van der Waals surface area contributed by atoms with E-state index in [1.165, 1.54) is 6.07 Å². The largest absolute Gasteiger partial charge is 0.418 e. The molecule has 0 unspecified atom stereocenters. The van der Waals surface area contributed by atoms with E-state index in [-0.39, 0.29) is 29.8 Å². The highest BCUT2D eigenvalue weighted by Gasteiger charge is 2.35. The van der Waals surface area contributed by atoms with Crippen molar-refractivity contribution < 1.29 is 31.4 Å². The first-order valence-corrected chi connectivity index (χ1v) is 13.8. The number of benzene rings is 1. The van der Waals surface area contributed by atoms with Gasteiger partial charge in [0.25, 0.3) is 10.0 Å². The lowest BCUT2D eigenvalue weighted by molar-refractivity contribution is -0.137. The van der Waals surface area contributed by atoms with Gasteiger partial charge in [-0.25, -0.2) is 9.97 Å². The van der Waals surface area contributed by atoms with Crippen LogP contribution in [0.2, 0.25) is 0 Å². The van der Waals surface area contributed by atoms with Gasteiger partial charge in [0.2, 0.25) is 0 Å². The maximum absolute atomic E-state index is 13.9. The van der Waals surface area contributed by atoms with Crippen molar-refractivity contribution in [1.29, 1.82) is 0 Å². The van der Waals surface area contributed by atoms with Crippen LogP contribution in [-0.4, -0.2) is 56.4 Å². The molecule has 0 spiro atoms. The number of anilines is 2. The third-order valence-corrected chi connectivity index (χ3v) is 7.39. The quantitative estimate of drug-likeness (QED) is 0.451. The number of aliphatic hydroxyl groups is 1. The van der Waals surface area contributed by atoms with Crippen molar-refractivity contribution in [3.05, 3.63) is 65.7 Å². The van der Waals surface area contributed by atoms with Crippen LogP contribution in [0.1, 0.15) is 30.4 Å². The predicted molar refractivity (Wildman–Crippen MR) is 137 cm³/mol. The summed E-state index contributed by atoms with van der Waals surface area (Å²) in [5.41, 5.74) is -0.237. The average molecular weight is 551 g/mol. The molecule has 1 aliphatic rings. The van der Waals surface area contributed by atoms with Gasteiger partial charge >= 0.3 is 6.18 Å². The Labute approximate surface area is 219 Å². The van der Waals surface area contributed by atoms with E-state index < -0.39 is 21.8 Å². The molecule has 1 aromatic carbocycles. The van der Waals surface area contributed by atoms with Crippen LogP contribution in [-0.2, 0) is 27.4 Å². The fourth-order valence-corrected chi connectivity index (χ4v) is 5.28. The molecule has 0 radical (unpaired) electrons. The minimum Gasteiger partial charge on any atom is -0.394 e. The Morgan fingerprint density at radius 2 is 1.79 bits per heavy atom. The van der Waals surface area contributed by atoms with E-state index in [9.17, 15) is 21.6 Å². The molecule has 38 heavy (non-hydrogen) atoms. The number of aliphatic hydroxyl groups excluding tert-OH is 1. The van der Waals surface area contributed by atoms with E-state index in [1.807, 2.05) is 4.90 Å². The van der Waals surface area contributed by atoms with Crippen LogP contribution in [0.4, 0.5) is 24.8 Å². The summed E-state index contributed by atoms with van der Waals surface area (Å²) >= 11 is 0. The van der Waals surface area contributed by atoms with E-state index in [1.54, 1.807) is 36.4 Å². The molecule has 204 valence electrons. The van der Waals surface area contributed by atoms with Crippen LogP contribution >= 0.6 is 0 Å². The zero-order chi connectivity index (χ0) is 27.2. The Morgan fingerprint density at radius 1 is 0.974 bits per heavy atom. The summed E-state index contributed by atoms with van der Waals surface area (Å²) in [7, 11) is -4.26. The molecule has 3 heterocycles. The van der Waals surface area contributed by atoms with E-state index >= 15 is 0 Å². The molecular formula is C26H29F3N4O4S. The minimum atomic E-state index is -4.67. The second-order valence-electron chi connectivity index (χ2n) is 8.82. The zero-order valence-corrected chi connectivity index (χ0v) is 21.4. The number of aromatic nitrogens is 2. The molecule has 0 saturated heterocycles. The van der Waals surface area contributed by atoms with Gasteiger partial charge in [0, 0.05) is 18.7 Å². The number of hydrogen-bond acceptors (Lipinski definition) is 7. The Balaban J connectivity index is 1.76. The summed E-state index contributed by atoms with van der Waals surface area (Å²) in [4.78, 5) is 10.4. The third-order valence-electron chi connectivity index (χ3n) is 6.14. The lowest BCUT2D eigenvalue weighted by Crippen LogP contribution is -2.30. The highest BCUT2D eigenvalue weighted by Crippen LogP contribution is 2.38. The van der Waals surface area contributed by atoms with Gasteiger partial charge in [-0.3, -0.25) is 4.72 Å². The number of sulfonamides is 1. The van der Waals surface area contributed by atoms with Crippen molar-refractivity contribution in [2.24, 2.45) is 0 Å². The molecule has 2 N–H and O–H groups in total. The molecule has 0 amide bonds. The number of ether oxygens (including phenoxy) is 1. The highest BCUT2D eigenvalue weighted by atomic mass is 32.2. The van der Waals surface area contributed by atoms with Crippen LogP contribution in [0.3, 0.4) is 0 Å². The molecule has 2 aromatic heterocycles. The number of rotatable bonds is 5. The second-order valence-corrected chi connectivity index (χ2v) is 10.5. The topological polar surface area (TPSA) is 105 Å². The number of fused-ring (bicyclic) bond motifs is 6. The van der Waals surface area contributed by atoms with Crippen LogP contribution in [0, 0.1) is 0 Å². The van der Waals surface area contributed by atoms with E-state index in [0.717, 1.165) is 31.4 Å². The van der Waals surface area contributed by atoms with Gasteiger partial charge in [-0.05, 0) is 49.1 Å². The molecule has 4 bridgehead atoms. The van der Waals surface area contributed by atoms with Crippen LogP contribution in [0.25, 0.3) is 11.3 Å². The number of halogens is 3. The first kappa shape index (κ1) is 27.8. The van der Waals surface area contributed by atoms with Gasteiger partial charge < -0.3 is 14.7 Å². The monoisotopic (exact) mass is 550 g/mol. The lowest BCUT2D eigenvalue weighted by atomic mass is 9.96. The standard InChI is InChI=1S/C26H29F3N4O4S/c27-26(28,29)21-12-13-22-30-25(21)20-9-4-3-8-19(20)7-2-1-5-14-33(15-17-37-18-16-34)23-10-6-11-24(31-23)38(35,36)32-22/h3-4,6,8-13,34H,1-2,5,7,14-18H2,(H,30,32). The van der Waals surface area contributed by atoms with Gasteiger partial charge in [-0.1, -0.05) is 36.8 Å². The number of pyridine rings is 2. The molecule has 12 heteroatoms. The molecule has 3 aromatic rings. The normalized spacial score (nSPS) is 15.9. The Kier molecular flexibility index (Phi) is 8.85. The molecule has 4 rings (SSSR count). The summed E-state index contributed by atoms with van der Waals surface area (Å²) in [5, 5.41) is 8.68. The maximum Gasteiger partial charge on any atom is 0.418 e. The average Bonchev–Trinajstić information content (AvgIpc) is 2.88. The van der Waals surface area contributed by atoms with Gasteiger partial charge in [0.1, 0.15) is 11.6 Å². The fraction of sp³-hybridized carbons (Fsp3) is 0.385. The Hall–Kier alpha value is -3.22. The van der Waals surface area contributed by atoms with Crippen molar-refractivity contribution in [1.82, 2.24) is 9.97 Å². The maximum atomic E-state index is 13.9. The van der Waals surface area contributed by atoms with E-state index in [2.05, 4.69) is 14.7 Å². The SMILES string of the molecule is O=S1(=O)Nc2ccc(C(F)(F)F)c(n2)-c2ccccc2CCCCCN(CCOCCO)c2cccc1n2. The first-order valence-electron chi connectivity index (χ1n) is 12.3. The molecule has 0 aliphatic carbocycles. The Bertz CT molecular complexity index is 1350.